The molecule has 3 N–H and O–H groups in total. The van der Waals surface area contributed by atoms with Crippen LogP contribution in [0.1, 0.15) is 51.0 Å². The highest BCUT2D eigenvalue weighted by Crippen LogP contribution is 2.24. The number of hydrogen-bond acceptors (Lipinski definition) is 4. The molecule has 0 saturated heterocycles. The summed E-state index contributed by atoms with van der Waals surface area (Å²) in [5.41, 5.74) is 0.940. The first kappa shape index (κ1) is 14.4. The molecule has 0 spiro atoms. The van der Waals surface area contributed by atoms with Crippen LogP contribution in [0.5, 0.6) is 11.5 Å². The first-order valence-corrected chi connectivity index (χ1v) is 6.42. The van der Waals surface area contributed by atoms with Crippen LogP contribution >= 0.6 is 0 Å². The molecule has 0 aliphatic heterocycles. The molecule has 0 saturated carbocycles. The van der Waals surface area contributed by atoms with Crippen LogP contribution in [0.25, 0.3) is 0 Å². The number of phenols is 2. The molecule has 100 valence electrons. The normalized spacial score (nSPS) is 11.7. The Morgan fingerprint density at radius 2 is 1.83 bits per heavy atom. The number of nitrogens with zero attached hydrogens (tertiary/aromatic N) is 1. The van der Waals surface area contributed by atoms with E-state index in [4.69, 9.17) is 5.21 Å². The van der Waals surface area contributed by atoms with Crippen molar-refractivity contribution in [1.29, 1.82) is 0 Å². The summed E-state index contributed by atoms with van der Waals surface area (Å²) in [5, 5.41) is 31.1. The van der Waals surface area contributed by atoms with E-state index in [1.165, 1.54) is 31.4 Å². The molecule has 1 aromatic carbocycles. The Kier molecular flexibility index (Phi) is 6.05. The summed E-state index contributed by atoms with van der Waals surface area (Å²) in [6.07, 6.45) is 6.23. The van der Waals surface area contributed by atoms with E-state index in [1.807, 2.05) is 0 Å². The van der Waals surface area contributed by atoms with Crippen molar-refractivity contribution in [2.75, 3.05) is 0 Å². The number of oxime groups is 1. The second-order valence-corrected chi connectivity index (χ2v) is 4.41. The van der Waals surface area contributed by atoms with E-state index < -0.39 is 0 Å². The van der Waals surface area contributed by atoms with Crippen LogP contribution in [0.15, 0.2) is 23.4 Å². The van der Waals surface area contributed by atoms with Gasteiger partial charge in [0.25, 0.3) is 0 Å². The quantitative estimate of drug-likeness (QED) is 0.300. The molecule has 4 heteroatoms. The van der Waals surface area contributed by atoms with E-state index in [9.17, 15) is 10.2 Å². The predicted octanol–water partition coefficient (Wildman–Crippen LogP) is 3.64. The third kappa shape index (κ3) is 4.28. The van der Waals surface area contributed by atoms with Crippen LogP contribution in [0.2, 0.25) is 0 Å². The van der Waals surface area contributed by atoms with Gasteiger partial charge in [0.2, 0.25) is 0 Å². The molecule has 18 heavy (non-hydrogen) atoms. The summed E-state index contributed by atoms with van der Waals surface area (Å²) in [6.45, 7) is 2.16. The van der Waals surface area contributed by atoms with Gasteiger partial charge in [-0.25, -0.2) is 0 Å². The number of benzene rings is 1. The topological polar surface area (TPSA) is 73.1 Å². The van der Waals surface area contributed by atoms with E-state index in [0.29, 0.717) is 17.7 Å². The largest absolute Gasteiger partial charge is 0.508 e. The minimum absolute atomic E-state index is 0.00325. The highest BCUT2D eigenvalue weighted by molar-refractivity contribution is 6.02. The molecule has 0 radical (unpaired) electrons. The van der Waals surface area contributed by atoms with Gasteiger partial charge >= 0.3 is 0 Å². The average molecular weight is 251 g/mol. The van der Waals surface area contributed by atoms with Crippen molar-refractivity contribution in [3.63, 3.8) is 0 Å². The van der Waals surface area contributed by atoms with Gasteiger partial charge < -0.3 is 15.4 Å². The third-order valence-corrected chi connectivity index (χ3v) is 2.93. The van der Waals surface area contributed by atoms with Gasteiger partial charge in [0.05, 0.1) is 5.71 Å². The Labute approximate surface area is 108 Å². The first-order valence-electron chi connectivity index (χ1n) is 6.42. The standard InChI is InChI=1S/C14H21NO3/c1-2-3-4-5-6-7-13(15-18)12-9-8-11(16)10-14(12)17/h8-10,16-18H,2-7H2,1H3/b15-13-. The molecule has 1 rings (SSSR count). The molecule has 0 fully saturated rings. The molecular weight excluding hydrogens is 230 g/mol. The van der Waals surface area contributed by atoms with Crippen LogP contribution in [0, 0.1) is 0 Å². The minimum atomic E-state index is -0.0589. The maximum atomic E-state index is 9.68. The van der Waals surface area contributed by atoms with Gasteiger partial charge in [-0.2, -0.15) is 0 Å². The van der Waals surface area contributed by atoms with Crippen LogP contribution < -0.4 is 0 Å². The van der Waals surface area contributed by atoms with Gasteiger partial charge in [0.1, 0.15) is 11.5 Å². The molecular formula is C14H21NO3. The average Bonchev–Trinajstić information content (AvgIpc) is 2.35. The lowest BCUT2D eigenvalue weighted by Crippen LogP contribution is -2.01. The smallest absolute Gasteiger partial charge is 0.128 e. The summed E-state index contributed by atoms with van der Waals surface area (Å²) in [7, 11) is 0. The fraction of sp³-hybridized carbons (Fsp3) is 0.500. The number of unbranched alkanes of at least 4 members (excludes halogenated alkanes) is 4. The zero-order valence-corrected chi connectivity index (χ0v) is 10.8. The fourth-order valence-electron chi connectivity index (χ4n) is 1.90. The molecule has 0 heterocycles. The van der Waals surface area contributed by atoms with E-state index in [-0.39, 0.29) is 11.5 Å². The van der Waals surface area contributed by atoms with Crippen LogP contribution in [-0.2, 0) is 0 Å². The van der Waals surface area contributed by atoms with Crippen molar-refractivity contribution < 1.29 is 15.4 Å². The third-order valence-electron chi connectivity index (χ3n) is 2.93. The molecule has 0 aromatic heterocycles. The van der Waals surface area contributed by atoms with Gasteiger partial charge in [-0.15, -0.1) is 0 Å². The van der Waals surface area contributed by atoms with Crippen molar-refractivity contribution >= 4 is 5.71 Å². The van der Waals surface area contributed by atoms with Crippen molar-refractivity contribution in [2.45, 2.75) is 45.4 Å². The summed E-state index contributed by atoms with van der Waals surface area (Å²) < 4.78 is 0. The Bertz CT molecular complexity index is 402. The fourth-order valence-corrected chi connectivity index (χ4v) is 1.90. The molecule has 1 aromatic rings. The Hall–Kier alpha value is -1.71. The van der Waals surface area contributed by atoms with Gasteiger partial charge in [-0.1, -0.05) is 37.8 Å². The van der Waals surface area contributed by atoms with E-state index in [0.717, 1.165) is 12.8 Å². The molecule has 0 atom stereocenters. The molecule has 0 aliphatic carbocycles. The number of aromatic hydroxyl groups is 2. The summed E-state index contributed by atoms with van der Waals surface area (Å²) in [6, 6.07) is 4.28. The van der Waals surface area contributed by atoms with E-state index in [2.05, 4.69) is 12.1 Å². The van der Waals surface area contributed by atoms with Gasteiger partial charge in [0, 0.05) is 11.6 Å². The van der Waals surface area contributed by atoms with Crippen molar-refractivity contribution in [3.05, 3.63) is 23.8 Å². The number of phenolic OH excluding ortho intramolecular Hbond substituents is 2. The lowest BCUT2D eigenvalue weighted by Gasteiger charge is -2.07. The van der Waals surface area contributed by atoms with Gasteiger partial charge in [0.15, 0.2) is 0 Å². The monoisotopic (exact) mass is 251 g/mol. The predicted molar refractivity (Wildman–Crippen MR) is 71.5 cm³/mol. The van der Waals surface area contributed by atoms with E-state index in [1.54, 1.807) is 6.07 Å². The number of hydrogen-bond donors (Lipinski definition) is 3. The van der Waals surface area contributed by atoms with Crippen molar-refractivity contribution in [2.24, 2.45) is 5.16 Å². The lowest BCUT2D eigenvalue weighted by molar-refractivity contribution is 0.317. The highest BCUT2D eigenvalue weighted by atomic mass is 16.4. The van der Waals surface area contributed by atoms with E-state index >= 15 is 0 Å². The second-order valence-electron chi connectivity index (χ2n) is 4.41. The Morgan fingerprint density at radius 3 is 2.44 bits per heavy atom. The second kappa shape index (κ2) is 7.58. The Balaban J connectivity index is 2.56. The SMILES string of the molecule is CCCCCCC/C(=N/O)c1ccc(O)cc1O. The molecule has 0 aliphatic rings. The maximum absolute atomic E-state index is 9.68. The van der Waals surface area contributed by atoms with Crippen LogP contribution in [-0.4, -0.2) is 21.1 Å². The lowest BCUT2D eigenvalue weighted by atomic mass is 10.0. The summed E-state index contributed by atoms with van der Waals surface area (Å²) >= 11 is 0. The zero-order chi connectivity index (χ0) is 13.4. The minimum Gasteiger partial charge on any atom is -0.508 e. The Morgan fingerprint density at radius 1 is 1.11 bits per heavy atom. The van der Waals surface area contributed by atoms with Crippen molar-refractivity contribution in [3.8, 4) is 11.5 Å². The first-order chi connectivity index (χ1) is 8.69. The number of rotatable bonds is 7. The van der Waals surface area contributed by atoms with Crippen LogP contribution in [0.3, 0.4) is 0 Å². The van der Waals surface area contributed by atoms with Gasteiger partial charge in [-0.3, -0.25) is 0 Å². The molecule has 0 unspecified atom stereocenters. The summed E-state index contributed by atoms with van der Waals surface area (Å²) in [4.78, 5) is 0. The molecule has 4 nitrogen and oxygen atoms in total. The molecule has 0 amide bonds. The van der Waals surface area contributed by atoms with Crippen LogP contribution in [0.4, 0.5) is 0 Å². The summed E-state index contributed by atoms with van der Waals surface area (Å²) in [5.74, 6) is -0.0622. The zero-order valence-electron chi connectivity index (χ0n) is 10.8. The maximum Gasteiger partial charge on any atom is 0.128 e. The molecule has 0 bridgehead atoms. The van der Waals surface area contributed by atoms with Gasteiger partial charge in [-0.05, 0) is 25.0 Å². The van der Waals surface area contributed by atoms with Crippen molar-refractivity contribution in [1.82, 2.24) is 0 Å². The highest BCUT2D eigenvalue weighted by Gasteiger charge is 2.10.